The fourth-order valence-electron chi connectivity index (χ4n) is 2.99. The number of aromatic nitrogens is 1. The summed E-state index contributed by atoms with van der Waals surface area (Å²) in [7, 11) is 4.26. The van der Waals surface area contributed by atoms with E-state index in [4.69, 9.17) is 4.42 Å². The smallest absolute Gasteiger partial charge is 0.263 e. The van der Waals surface area contributed by atoms with E-state index in [2.05, 4.69) is 42.7 Å². The van der Waals surface area contributed by atoms with E-state index < -0.39 is 0 Å². The average Bonchev–Trinajstić information content (AvgIpc) is 3.11. The number of carbonyl (C=O) groups excluding carboxylic acids is 1. The lowest BCUT2D eigenvalue weighted by atomic mass is 10.1. The number of nitrogens with zero attached hydrogens (tertiary/aromatic N) is 2. The first-order valence-electron chi connectivity index (χ1n) is 10.8. The Labute approximate surface area is 170 Å². The lowest BCUT2D eigenvalue weighted by Gasteiger charge is -2.08. The van der Waals surface area contributed by atoms with Crippen molar-refractivity contribution >= 4 is 17.5 Å². The van der Waals surface area contributed by atoms with Crippen LogP contribution in [-0.2, 0) is 6.42 Å². The predicted octanol–water partition coefficient (Wildman–Crippen LogP) is 6.01. The van der Waals surface area contributed by atoms with E-state index in [9.17, 15) is 4.79 Å². The minimum atomic E-state index is 0.0593. The first-order chi connectivity index (χ1) is 13.1. The standard InChI is InChI=1S/C22H40N2O2S/c1-4-5-6-7-11-15-21(25)22-23-19-20(26-22)14-10-8-9-12-17-27-18-13-16-24(2)3/h19H,4-18H2,1-3H3. The fourth-order valence-corrected chi connectivity index (χ4v) is 3.94. The second-order valence-electron chi connectivity index (χ2n) is 7.65. The molecule has 0 amide bonds. The van der Waals surface area contributed by atoms with Crippen molar-refractivity contribution in [3.63, 3.8) is 0 Å². The number of thioether (sulfide) groups is 1. The quantitative estimate of drug-likeness (QED) is 0.225. The summed E-state index contributed by atoms with van der Waals surface area (Å²) in [5, 5.41) is 0. The minimum Gasteiger partial charge on any atom is -0.439 e. The monoisotopic (exact) mass is 396 g/mol. The number of carbonyl (C=O) groups is 1. The molecule has 0 fully saturated rings. The van der Waals surface area contributed by atoms with Gasteiger partial charge in [0.1, 0.15) is 5.76 Å². The molecule has 5 heteroatoms. The lowest BCUT2D eigenvalue weighted by Crippen LogP contribution is -2.13. The zero-order valence-electron chi connectivity index (χ0n) is 17.8. The van der Waals surface area contributed by atoms with Gasteiger partial charge in [-0.15, -0.1) is 0 Å². The summed E-state index contributed by atoms with van der Waals surface area (Å²) in [4.78, 5) is 18.5. The van der Waals surface area contributed by atoms with Gasteiger partial charge in [-0.1, -0.05) is 45.4 Å². The van der Waals surface area contributed by atoms with Crippen molar-refractivity contribution in [3.8, 4) is 0 Å². The summed E-state index contributed by atoms with van der Waals surface area (Å²) in [5.74, 6) is 3.78. The highest BCUT2D eigenvalue weighted by Crippen LogP contribution is 2.14. The van der Waals surface area contributed by atoms with Gasteiger partial charge in [0.15, 0.2) is 0 Å². The molecule has 1 aromatic rings. The summed E-state index contributed by atoms with van der Waals surface area (Å²) in [5.41, 5.74) is 0. The molecule has 0 aliphatic carbocycles. The van der Waals surface area contributed by atoms with E-state index in [0.29, 0.717) is 12.3 Å². The number of hydrogen-bond acceptors (Lipinski definition) is 5. The van der Waals surface area contributed by atoms with Gasteiger partial charge >= 0.3 is 0 Å². The van der Waals surface area contributed by atoms with Crippen LogP contribution < -0.4 is 0 Å². The highest BCUT2D eigenvalue weighted by Gasteiger charge is 2.12. The van der Waals surface area contributed by atoms with E-state index >= 15 is 0 Å². The summed E-state index contributed by atoms with van der Waals surface area (Å²) in [6.07, 6.45) is 15.2. The topological polar surface area (TPSA) is 46.3 Å². The molecule has 1 aromatic heterocycles. The van der Waals surface area contributed by atoms with Crippen molar-refractivity contribution in [3.05, 3.63) is 17.8 Å². The Hall–Kier alpha value is -0.810. The van der Waals surface area contributed by atoms with Gasteiger partial charge in [-0.3, -0.25) is 4.79 Å². The van der Waals surface area contributed by atoms with Crippen LogP contribution in [0.15, 0.2) is 10.6 Å². The lowest BCUT2D eigenvalue weighted by molar-refractivity contribution is 0.0943. The van der Waals surface area contributed by atoms with Crippen molar-refractivity contribution in [2.75, 3.05) is 32.1 Å². The normalized spacial score (nSPS) is 11.4. The van der Waals surface area contributed by atoms with Crippen LogP contribution in [-0.4, -0.2) is 47.8 Å². The van der Waals surface area contributed by atoms with Crippen LogP contribution in [0.1, 0.15) is 94.0 Å². The first-order valence-corrected chi connectivity index (χ1v) is 12.0. The summed E-state index contributed by atoms with van der Waals surface area (Å²) >= 11 is 2.07. The van der Waals surface area contributed by atoms with Gasteiger partial charge in [-0.05, 0) is 57.8 Å². The number of aryl methyl sites for hydroxylation is 1. The number of ketones is 1. The third kappa shape index (κ3) is 13.1. The molecule has 0 unspecified atom stereocenters. The number of unbranched alkanes of at least 4 members (excludes halogenated alkanes) is 7. The minimum absolute atomic E-state index is 0.0593. The molecule has 27 heavy (non-hydrogen) atoms. The van der Waals surface area contributed by atoms with Crippen molar-refractivity contribution < 1.29 is 9.21 Å². The molecule has 0 spiro atoms. The molecule has 1 heterocycles. The number of rotatable bonds is 18. The van der Waals surface area contributed by atoms with Gasteiger partial charge in [0.2, 0.25) is 5.78 Å². The van der Waals surface area contributed by atoms with Crippen LogP contribution in [0.3, 0.4) is 0 Å². The molecule has 0 bridgehead atoms. The highest BCUT2D eigenvalue weighted by atomic mass is 32.2. The number of Topliss-reactive ketones (excluding diaryl/α,β-unsaturated/α-hetero) is 1. The van der Waals surface area contributed by atoms with E-state index in [1.165, 1.54) is 63.0 Å². The Bertz CT molecular complexity index is 488. The van der Waals surface area contributed by atoms with Gasteiger partial charge in [0, 0.05) is 12.8 Å². The van der Waals surface area contributed by atoms with Crippen molar-refractivity contribution in [1.29, 1.82) is 0 Å². The number of oxazole rings is 1. The van der Waals surface area contributed by atoms with Crippen LogP contribution in [0.4, 0.5) is 0 Å². The Balaban J connectivity index is 2.01. The van der Waals surface area contributed by atoms with Crippen LogP contribution in [0.5, 0.6) is 0 Å². The summed E-state index contributed by atoms with van der Waals surface area (Å²) in [6, 6.07) is 0. The second kappa shape index (κ2) is 16.2. The van der Waals surface area contributed by atoms with Gasteiger partial charge in [0.25, 0.3) is 5.89 Å². The van der Waals surface area contributed by atoms with Gasteiger partial charge in [-0.2, -0.15) is 11.8 Å². The zero-order valence-corrected chi connectivity index (χ0v) is 18.6. The molecule has 0 aromatic carbocycles. The molecule has 4 nitrogen and oxygen atoms in total. The number of hydrogen-bond donors (Lipinski definition) is 0. The third-order valence-electron chi connectivity index (χ3n) is 4.66. The molecule has 0 saturated carbocycles. The maximum absolute atomic E-state index is 12.1. The van der Waals surface area contributed by atoms with Crippen molar-refractivity contribution in [1.82, 2.24) is 9.88 Å². The van der Waals surface area contributed by atoms with E-state index in [1.54, 1.807) is 6.20 Å². The largest absolute Gasteiger partial charge is 0.439 e. The van der Waals surface area contributed by atoms with E-state index in [1.807, 2.05) is 0 Å². The Morgan fingerprint density at radius 2 is 1.70 bits per heavy atom. The van der Waals surface area contributed by atoms with Crippen LogP contribution in [0.25, 0.3) is 0 Å². The molecule has 0 aliphatic heterocycles. The van der Waals surface area contributed by atoms with Crippen molar-refractivity contribution in [2.24, 2.45) is 0 Å². The van der Waals surface area contributed by atoms with Gasteiger partial charge in [0.05, 0.1) is 6.20 Å². The summed E-state index contributed by atoms with van der Waals surface area (Å²) < 4.78 is 5.65. The molecule has 0 atom stereocenters. The molecule has 0 radical (unpaired) electrons. The van der Waals surface area contributed by atoms with Gasteiger partial charge < -0.3 is 9.32 Å². The maximum atomic E-state index is 12.1. The zero-order chi connectivity index (χ0) is 19.7. The Kier molecular flexibility index (Phi) is 14.5. The molecular formula is C22H40N2O2S. The van der Waals surface area contributed by atoms with Gasteiger partial charge in [-0.25, -0.2) is 4.98 Å². The van der Waals surface area contributed by atoms with Crippen LogP contribution in [0, 0.1) is 0 Å². The van der Waals surface area contributed by atoms with Crippen LogP contribution in [0.2, 0.25) is 0 Å². The molecule has 0 N–H and O–H groups in total. The molecular weight excluding hydrogens is 356 g/mol. The summed E-state index contributed by atoms with van der Waals surface area (Å²) in [6.45, 7) is 3.39. The Morgan fingerprint density at radius 1 is 1.00 bits per heavy atom. The molecule has 0 saturated heterocycles. The highest BCUT2D eigenvalue weighted by molar-refractivity contribution is 7.99. The van der Waals surface area contributed by atoms with Crippen LogP contribution >= 0.6 is 11.8 Å². The fraction of sp³-hybridized carbons (Fsp3) is 0.818. The average molecular weight is 397 g/mol. The molecule has 156 valence electrons. The van der Waals surface area contributed by atoms with Crippen molar-refractivity contribution in [2.45, 2.75) is 84.0 Å². The Morgan fingerprint density at radius 3 is 2.48 bits per heavy atom. The first kappa shape index (κ1) is 24.2. The van der Waals surface area contributed by atoms with E-state index in [0.717, 1.165) is 31.4 Å². The maximum Gasteiger partial charge on any atom is 0.263 e. The SMILES string of the molecule is CCCCCCCC(=O)c1ncc(CCCCCCSCCCN(C)C)o1. The third-order valence-corrected chi connectivity index (χ3v) is 5.81. The predicted molar refractivity (Wildman–Crippen MR) is 117 cm³/mol. The van der Waals surface area contributed by atoms with E-state index in [-0.39, 0.29) is 5.78 Å². The molecule has 1 rings (SSSR count). The molecule has 0 aliphatic rings. The second-order valence-corrected chi connectivity index (χ2v) is 8.88.